The lowest BCUT2D eigenvalue weighted by Crippen LogP contribution is -2.37. The van der Waals surface area contributed by atoms with E-state index in [1.165, 1.54) is 0 Å². The molecule has 0 fully saturated rings. The summed E-state index contributed by atoms with van der Waals surface area (Å²) in [5.41, 5.74) is 1.82. The molecule has 2 aliphatic carbocycles. The highest BCUT2D eigenvalue weighted by Crippen LogP contribution is 2.54. The van der Waals surface area contributed by atoms with Gasteiger partial charge in [-0.05, 0) is 36.0 Å². The Hall–Kier alpha value is -1.88. The number of ether oxygens (including phenoxy) is 2. The van der Waals surface area contributed by atoms with Gasteiger partial charge in [0.15, 0.2) is 11.6 Å². The van der Waals surface area contributed by atoms with Crippen LogP contribution in [0, 0.1) is 10.8 Å². The third kappa shape index (κ3) is 3.77. The summed E-state index contributed by atoms with van der Waals surface area (Å²) in [5, 5.41) is 0. The van der Waals surface area contributed by atoms with E-state index in [0.29, 0.717) is 49.2 Å². The number of benzene rings is 1. The van der Waals surface area contributed by atoms with Crippen molar-refractivity contribution in [3.8, 4) is 5.75 Å². The van der Waals surface area contributed by atoms with Crippen molar-refractivity contribution in [3.05, 3.63) is 50.9 Å². The summed E-state index contributed by atoms with van der Waals surface area (Å²) in [5.74, 6) is 1.87. The Morgan fingerprint density at radius 1 is 0.967 bits per heavy atom. The lowest BCUT2D eigenvalue weighted by Gasteiger charge is -2.43. The van der Waals surface area contributed by atoms with Crippen LogP contribution in [-0.4, -0.2) is 18.2 Å². The van der Waals surface area contributed by atoms with Crippen LogP contribution in [0.3, 0.4) is 0 Å². The number of allylic oxidation sites excluding steroid dienone is 4. The van der Waals surface area contributed by atoms with Gasteiger partial charge in [0, 0.05) is 46.9 Å². The molecular formula is C25H29BrO4. The maximum Gasteiger partial charge on any atom is 0.163 e. The van der Waals surface area contributed by atoms with Gasteiger partial charge in [-0.3, -0.25) is 9.59 Å². The Balaban J connectivity index is 1.96. The summed E-state index contributed by atoms with van der Waals surface area (Å²) in [6.07, 6.45) is 2.28. The fourth-order valence-electron chi connectivity index (χ4n) is 5.02. The molecule has 30 heavy (non-hydrogen) atoms. The van der Waals surface area contributed by atoms with Crippen LogP contribution < -0.4 is 4.74 Å². The lowest BCUT2D eigenvalue weighted by atomic mass is 9.65. The minimum absolute atomic E-state index is 0.0675. The van der Waals surface area contributed by atoms with Gasteiger partial charge in [-0.2, -0.15) is 0 Å². The van der Waals surface area contributed by atoms with Gasteiger partial charge in [0.25, 0.3) is 0 Å². The van der Waals surface area contributed by atoms with E-state index in [1.54, 1.807) is 0 Å². The monoisotopic (exact) mass is 472 g/mol. The van der Waals surface area contributed by atoms with Gasteiger partial charge in [-0.15, -0.1) is 0 Å². The third-order valence-corrected chi connectivity index (χ3v) is 6.66. The van der Waals surface area contributed by atoms with Crippen molar-refractivity contribution in [2.75, 3.05) is 6.61 Å². The Morgan fingerprint density at radius 2 is 1.50 bits per heavy atom. The highest BCUT2D eigenvalue weighted by atomic mass is 79.9. The maximum absolute atomic E-state index is 13.4. The average Bonchev–Trinajstić information content (AvgIpc) is 2.59. The third-order valence-electron chi connectivity index (χ3n) is 6.16. The van der Waals surface area contributed by atoms with Gasteiger partial charge in [-0.25, -0.2) is 0 Å². The summed E-state index contributed by atoms with van der Waals surface area (Å²) >= 11 is 3.57. The van der Waals surface area contributed by atoms with E-state index in [9.17, 15) is 9.59 Å². The van der Waals surface area contributed by atoms with Crippen molar-refractivity contribution >= 4 is 27.5 Å². The van der Waals surface area contributed by atoms with Crippen molar-refractivity contribution in [3.63, 3.8) is 0 Å². The molecule has 0 saturated carbocycles. The molecule has 0 unspecified atom stereocenters. The summed E-state index contributed by atoms with van der Waals surface area (Å²) in [7, 11) is 0. The molecule has 0 bridgehead atoms. The quantitative estimate of drug-likeness (QED) is 0.521. The van der Waals surface area contributed by atoms with Crippen molar-refractivity contribution in [2.24, 2.45) is 10.8 Å². The molecule has 1 aliphatic heterocycles. The minimum atomic E-state index is -0.435. The maximum atomic E-state index is 13.4. The Morgan fingerprint density at radius 3 is 2.00 bits per heavy atom. The molecule has 0 atom stereocenters. The summed E-state index contributed by atoms with van der Waals surface area (Å²) in [6.45, 7) is 10.8. The predicted molar refractivity (Wildman–Crippen MR) is 119 cm³/mol. The van der Waals surface area contributed by atoms with Gasteiger partial charge < -0.3 is 9.47 Å². The topological polar surface area (TPSA) is 52.6 Å². The molecule has 5 heteroatoms. The van der Waals surface area contributed by atoms with E-state index < -0.39 is 5.92 Å². The first-order valence-electron chi connectivity index (χ1n) is 10.6. The highest BCUT2D eigenvalue weighted by molar-refractivity contribution is 9.10. The number of halogens is 1. The average molecular weight is 473 g/mol. The number of Topliss-reactive ketones (excluding diaryl/α,β-unsaturated/α-hetero) is 2. The van der Waals surface area contributed by atoms with Crippen LogP contribution in [0.25, 0.3) is 0 Å². The van der Waals surface area contributed by atoms with Crippen LogP contribution in [-0.2, 0) is 14.3 Å². The molecule has 1 aromatic carbocycles. The van der Waals surface area contributed by atoms with Crippen molar-refractivity contribution in [1.29, 1.82) is 0 Å². The van der Waals surface area contributed by atoms with E-state index in [1.807, 2.05) is 25.1 Å². The second kappa shape index (κ2) is 7.37. The molecule has 0 aromatic heterocycles. The van der Waals surface area contributed by atoms with Gasteiger partial charge in [0.2, 0.25) is 0 Å². The van der Waals surface area contributed by atoms with Crippen LogP contribution in [0.4, 0.5) is 0 Å². The fraction of sp³-hybridized carbons (Fsp3) is 0.520. The number of rotatable bonds is 3. The Labute approximate surface area is 186 Å². The Bertz CT molecular complexity index is 944. The first kappa shape index (κ1) is 21.4. The van der Waals surface area contributed by atoms with E-state index in [4.69, 9.17) is 9.47 Å². The van der Waals surface area contributed by atoms with Crippen molar-refractivity contribution in [2.45, 2.75) is 66.2 Å². The summed E-state index contributed by atoms with van der Waals surface area (Å²) in [4.78, 5) is 26.7. The first-order valence-corrected chi connectivity index (χ1v) is 11.4. The van der Waals surface area contributed by atoms with Crippen molar-refractivity contribution < 1.29 is 19.1 Å². The number of carbonyl (C=O) groups is 2. The number of ketones is 2. The van der Waals surface area contributed by atoms with Crippen LogP contribution in [0.5, 0.6) is 5.75 Å². The molecule has 0 spiro atoms. The molecule has 4 nitrogen and oxygen atoms in total. The number of hydrogen-bond donors (Lipinski definition) is 0. The summed E-state index contributed by atoms with van der Waals surface area (Å²) in [6, 6.07) is 5.82. The predicted octanol–water partition coefficient (Wildman–Crippen LogP) is 6.25. The molecule has 0 N–H and O–H groups in total. The number of hydrogen-bond acceptors (Lipinski definition) is 4. The molecule has 0 amide bonds. The van der Waals surface area contributed by atoms with Gasteiger partial charge in [0.1, 0.15) is 17.3 Å². The van der Waals surface area contributed by atoms with Gasteiger partial charge >= 0.3 is 0 Å². The molecule has 160 valence electrons. The Kier molecular flexibility index (Phi) is 5.24. The van der Waals surface area contributed by atoms with Crippen LogP contribution >= 0.6 is 15.9 Å². The second-order valence-corrected chi connectivity index (χ2v) is 11.1. The van der Waals surface area contributed by atoms with E-state index in [0.717, 1.165) is 21.6 Å². The first-order chi connectivity index (χ1) is 14.0. The van der Waals surface area contributed by atoms with Crippen molar-refractivity contribution in [1.82, 2.24) is 0 Å². The second-order valence-electron chi connectivity index (χ2n) is 10.2. The zero-order chi connectivity index (χ0) is 21.8. The largest absolute Gasteiger partial charge is 0.494 e. The zero-order valence-electron chi connectivity index (χ0n) is 18.4. The fourth-order valence-corrected chi connectivity index (χ4v) is 5.40. The standard InChI is InChI=1S/C25H29BrO4/c1-6-29-18-8-7-14(26)9-15(18)21-22-16(27)10-24(2,3)12-19(22)30-20-13-25(4,5)11-17(28)23(20)21/h7-9,21H,6,10-13H2,1-5H3. The van der Waals surface area contributed by atoms with Crippen LogP contribution in [0.15, 0.2) is 45.3 Å². The molecule has 0 radical (unpaired) electrons. The van der Waals surface area contributed by atoms with E-state index >= 15 is 0 Å². The molecular weight excluding hydrogens is 444 g/mol. The van der Waals surface area contributed by atoms with E-state index in [2.05, 4.69) is 43.6 Å². The lowest BCUT2D eigenvalue weighted by molar-refractivity contribution is -0.120. The van der Waals surface area contributed by atoms with Gasteiger partial charge in [-0.1, -0.05) is 43.6 Å². The molecule has 0 saturated heterocycles. The van der Waals surface area contributed by atoms with Crippen LogP contribution in [0.1, 0.15) is 71.8 Å². The van der Waals surface area contributed by atoms with Crippen LogP contribution in [0.2, 0.25) is 0 Å². The minimum Gasteiger partial charge on any atom is -0.494 e. The molecule has 4 rings (SSSR count). The SMILES string of the molecule is CCOc1ccc(Br)cc1C1C2=C(CC(C)(C)CC2=O)OC2=C1C(=O)CC(C)(C)C2. The highest BCUT2D eigenvalue weighted by Gasteiger charge is 2.48. The summed E-state index contributed by atoms with van der Waals surface area (Å²) < 4.78 is 13.2. The molecule has 1 heterocycles. The molecule has 1 aromatic rings. The van der Waals surface area contributed by atoms with Gasteiger partial charge in [0.05, 0.1) is 12.5 Å². The molecule has 3 aliphatic rings. The zero-order valence-corrected chi connectivity index (χ0v) is 19.9. The normalized spacial score (nSPS) is 23.1. The number of carbonyl (C=O) groups excluding carboxylic acids is 2. The van der Waals surface area contributed by atoms with E-state index in [-0.39, 0.29) is 22.4 Å². The smallest absolute Gasteiger partial charge is 0.163 e.